The zero-order chi connectivity index (χ0) is 17.6. The number of hydrogen-bond donors (Lipinski definition) is 1. The summed E-state index contributed by atoms with van der Waals surface area (Å²) in [6.07, 6.45) is 2.73. The number of morpholine rings is 1. The Morgan fingerprint density at radius 1 is 1.27 bits per heavy atom. The van der Waals surface area contributed by atoms with Crippen LogP contribution in [0.5, 0.6) is 0 Å². The Bertz CT molecular complexity index is 595. The highest BCUT2D eigenvalue weighted by Crippen LogP contribution is 2.25. The number of benzene rings is 1. The SMILES string of the molecule is CN=C(NCC1CCCN(C)C1)N1CCOC(c2ccccc2C)C1.I. The van der Waals surface area contributed by atoms with Crippen molar-refractivity contribution in [2.45, 2.75) is 25.9 Å². The predicted molar refractivity (Wildman–Crippen MR) is 118 cm³/mol. The first kappa shape index (κ1) is 21.4. The molecule has 3 rings (SSSR count). The van der Waals surface area contributed by atoms with Gasteiger partial charge in [-0.2, -0.15) is 0 Å². The third-order valence-corrected chi connectivity index (χ3v) is 5.38. The highest BCUT2D eigenvalue weighted by atomic mass is 127. The van der Waals surface area contributed by atoms with Crippen LogP contribution in [0.25, 0.3) is 0 Å². The molecule has 0 aliphatic carbocycles. The minimum atomic E-state index is 0. The fraction of sp³-hybridized carbons (Fsp3) is 0.650. The van der Waals surface area contributed by atoms with Crippen LogP contribution in [0.15, 0.2) is 29.3 Å². The van der Waals surface area contributed by atoms with Crippen molar-refractivity contribution in [3.63, 3.8) is 0 Å². The Morgan fingerprint density at radius 3 is 2.81 bits per heavy atom. The van der Waals surface area contributed by atoms with Crippen molar-refractivity contribution >= 4 is 29.9 Å². The molecule has 2 aliphatic rings. The topological polar surface area (TPSA) is 40.1 Å². The number of aryl methyl sites for hydroxylation is 1. The number of ether oxygens (including phenoxy) is 1. The first-order chi connectivity index (χ1) is 12.2. The summed E-state index contributed by atoms with van der Waals surface area (Å²) in [5.74, 6) is 1.72. The molecule has 146 valence electrons. The number of piperidine rings is 1. The molecule has 0 saturated carbocycles. The van der Waals surface area contributed by atoms with E-state index in [9.17, 15) is 0 Å². The quantitative estimate of drug-likeness (QED) is 0.418. The Balaban J connectivity index is 0.00000243. The summed E-state index contributed by atoms with van der Waals surface area (Å²) in [5.41, 5.74) is 2.58. The Labute approximate surface area is 175 Å². The first-order valence-corrected chi connectivity index (χ1v) is 9.48. The lowest BCUT2D eigenvalue weighted by Crippen LogP contribution is -2.50. The van der Waals surface area contributed by atoms with E-state index in [4.69, 9.17) is 4.74 Å². The van der Waals surface area contributed by atoms with Crippen LogP contribution in [-0.2, 0) is 4.74 Å². The molecular formula is C20H33IN4O. The van der Waals surface area contributed by atoms with Gasteiger partial charge in [0.2, 0.25) is 0 Å². The highest BCUT2D eigenvalue weighted by Gasteiger charge is 2.26. The zero-order valence-corrected chi connectivity index (χ0v) is 18.6. The van der Waals surface area contributed by atoms with Gasteiger partial charge in [0.05, 0.1) is 13.2 Å². The van der Waals surface area contributed by atoms with E-state index in [1.807, 2.05) is 7.05 Å². The van der Waals surface area contributed by atoms with E-state index in [1.165, 1.54) is 37.1 Å². The summed E-state index contributed by atoms with van der Waals surface area (Å²) in [7, 11) is 4.10. The number of nitrogens with zero attached hydrogens (tertiary/aromatic N) is 3. The van der Waals surface area contributed by atoms with Gasteiger partial charge in [-0.25, -0.2) is 0 Å². The average molecular weight is 472 g/mol. The maximum Gasteiger partial charge on any atom is 0.193 e. The minimum Gasteiger partial charge on any atom is -0.370 e. The molecule has 1 aromatic rings. The number of rotatable bonds is 3. The van der Waals surface area contributed by atoms with Gasteiger partial charge in [0, 0.05) is 26.7 Å². The van der Waals surface area contributed by atoms with Gasteiger partial charge in [0.15, 0.2) is 5.96 Å². The Morgan fingerprint density at radius 2 is 2.08 bits per heavy atom. The zero-order valence-electron chi connectivity index (χ0n) is 16.3. The Hall–Kier alpha value is -0.860. The fourth-order valence-electron chi connectivity index (χ4n) is 3.99. The van der Waals surface area contributed by atoms with Crippen molar-refractivity contribution in [1.82, 2.24) is 15.1 Å². The second kappa shape index (κ2) is 10.5. The minimum absolute atomic E-state index is 0. The lowest BCUT2D eigenvalue weighted by atomic mass is 9.98. The van der Waals surface area contributed by atoms with E-state index in [1.54, 1.807) is 0 Å². The molecule has 2 saturated heterocycles. The molecule has 2 heterocycles. The molecule has 2 atom stereocenters. The number of likely N-dealkylation sites (tertiary alicyclic amines) is 1. The van der Waals surface area contributed by atoms with Gasteiger partial charge in [-0.15, -0.1) is 24.0 Å². The maximum absolute atomic E-state index is 6.05. The van der Waals surface area contributed by atoms with Crippen molar-refractivity contribution in [2.75, 3.05) is 53.4 Å². The molecule has 0 spiro atoms. The van der Waals surface area contributed by atoms with E-state index >= 15 is 0 Å². The normalized spacial score (nSPS) is 24.9. The molecule has 2 aliphatic heterocycles. The van der Waals surface area contributed by atoms with Crippen molar-refractivity contribution in [1.29, 1.82) is 0 Å². The third kappa shape index (κ3) is 5.57. The fourth-order valence-corrected chi connectivity index (χ4v) is 3.99. The summed E-state index contributed by atoms with van der Waals surface area (Å²) in [4.78, 5) is 9.30. The van der Waals surface area contributed by atoms with Crippen LogP contribution in [0.2, 0.25) is 0 Å². The smallest absolute Gasteiger partial charge is 0.193 e. The Kier molecular flexibility index (Phi) is 8.63. The van der Waals surface area contributed by atoms with Gasteiger partial charge in [-0.1, -0.05) is 24.3 Å². The van der Waals surface area contributed by atoms with Crippen molar-refractivity contribution in [3.8, 4) is 0 Å². The van der Waals surface area contributed by atoms with Gasteiger partial charge >= 0.3 is 0 Å². The van der Waals surface area contributed by atoms with Gasteiger partial charge in [0.25, 0.3) is 0 Å². The van der Waals surface area contributed by atoms with E-state index < -0.39 is 0 Å². The van der Waals surface area contributed by atoms with E-state index in [-0.39, 0.29) is 30.1 Å². The molecule has 0 bridgehead atoms. The molecule has 2 fully saturated rings. The number of halogens is 1. The number of hydrogen-bond acceptors (Lipinski definition) is 3. The van der Waals surface area contributed by atoms with Gasteiger partial charge in [0.1, 0.15) is 6.10 Å². The van der Waals surface area contributed by atoms with Gasteiger partial charge in [-0.05, 0) is 50.4 Å². The van der Waals surface area contributed by atoms with Gasteiger partial charge < -0.3 is 19.9 Å². The van der Waals surface area contributed by atoms with Crippen molar-refractivity contribution in [3.05, 3.63) is 35.4 Å². The molecule has 6 heteroatoms. The van der Waals surface area contributed by atoms with Crippen molar-refractivity contribution in [2.24, 2.45) is 10.9 Å². The molecule has 0 aromatic heterocycles. The summed E-state index contributed by atoms with van der Waals surface area (Å²) >= 11 is 0. The van der Waals surface area contributed by atoms with E-state index in [0.29, 0.717) is 5.92 Å². The predicted octanol–water partition coefficient (Wildman–Crippen LogP) is 2.90. The first-order valence-electron chi connectivity index (χ1n) is 9.48. The van der Waals surface area contributed by atoms with E-state index in [0.717, 1.165) is 32.2 Å². The van der Waals surface area contributed by atoms with Gasteiger partial charge in [-0.3, -0.25) is 4.99 Å². The summed E-state index contributed by atoms with van der Waals surface area (Å²) in [6.45, 7) is 8.06. The van der Waals surface area contributed by atoms with E-state index in [2.05, 4.69) is 58.3 Å². The molecule has 1 N–H and O–H groups in total. The van der Waals surface area contributed by atoms with Crippen LogP contribution >= 0.6 is 24.0 Å². The lowest BCUT2D eigenvalue weighted by molar-refractivity contribution is -0.00841. The monoisotopic (exact) mass is 472 g/mol. The third-order valence-electron chi connectivity index (χ3n) is 5.38. The molecule has 1 aromatic carbocycles. The van der Waals surface area contributed by atoms with Crippen LogP contribution in [0.4, 0.5) is 0 Å². The van der Waals surface area contributed by atoms with Crippen LogP contribution in [0.1, 0.15) is 30.1 Å². The molecular weight excluding hydrogens is 439 g/mol. The number of nitrogens with one attached hydrogen (secondary N) is 1. The van der Waals surface area contributed by atoms with Crippen LogP contribution < -0.4 is 5.32 Å². The molecule has 5 nitrogen and oxygen atoms in total. The average Bonchev–Trinajstić information content (AvgIpc) is 2.63. The van der Waals surface area contributed by atoms with Crippen molar-refractivity contribution < 1.29 is 4.74 Å². The number of guanidine groups is 1. The molecule has 0 radical (unpaired) electrons. The molecule has 26 heavy (non-hydrogen) atoms. The summed E-state index contributed by atoms with van der Waals surface area (Å²) < 4.78 is 6.05. The summed E-state index contributed by atoms with van der Waals surface area (Å²) in [6, 6.07) is 8.51. The standard InChI is InChI=1S/C20H32N4O.HI/c1-16-7-4-5-9-18(16)19-15-24(11-12-25-19)20(21-2)22-13-17-8-6-10-23(3)14-17;/h4-5,7,9,17,19H,6,8,10-15H2,1-3H3,(H,21,22);1H. The maximum atomic E-state index is 6.05. The van der Waals surface area contributed by atoms with Crippen LogP contribution in [0.3, 0.4) is 0 Å². The largest absolute Gasteiger partial charge is 0.370 e. The second-order valence-electron chi connectivity index (χ2n) is 7.36. The lowest BCUT2D eigenvalue weighted by Gasteiger charge is -2.37. The van der Waals surface area contributed by atoms with Crippen LogP contribution in [0, 0.1) is 12.8 Å². The molecule has 0 amide bonds. The molecule has 2 unspecified atom stereocenters. The second-order valence-corrected chi connectivity index (χ2v) is 7.36. The highest BCUT2D eigenvalue weighted by molar-refractivity contribution is 14.0. The number of aliphatic imine (C=N–C) groups is 1. The summed E-state index contributed by atoms with van der Waals surface area (Å²) in [5, 5.41) is 3.61. The van der Waals surface area contributed by atoms with Crippen LogP contribution in [-0.4, -0.2) is 69.2 Å².